The van der Waals surface area contributed by atoms with Crippen LogP contribution in [-0.2, 0) is 11.3 Å². The number of ketones is 1. The minimum atomic E-state index is -0.614. The molecule has 34 heavy (non-hydrogen) atoms. The van der Waals surface area contributed by atoms with Gasteiger partial charge in [-0.3, -0.25) is 9.36 Å². The summed E-state index contributed by atoms with van der Waals surface area (Å²) in [5.41, 5.74) is 3.88. The molecule has 0 amide bonds. The van der Waals surface area contributed by atoms with Gasteiger partial charge in [0.1, 0.15) is 23.9 Å². The van der Waals surface area contributed by atoms with E-state index < -0.39 is 5.97 Å². The predicted molar refractivity (Wildman–Crippen MR) is 121 cm³/mol. The van der Waals surface area contributed by atoms with Crippen LogP contribution in [0.1, 0.15) is 54.9 Å². The Hall–Kier alpha value is -4.14. The normalized spacial score (nSPS) is 11.0. The number of benzene rings is 1. The van der Waals surface area contributed by atoms with Crippen LogP contribution in [0.4, 0.5) is 0 Å². The SMILES string of the molecule is Cc1cc(-n2c(C)cc(C(=O)COC(=O)c3cccc(OCc4c(C)noc4C)c3)c2C)no1. The van der Waals surface area contributed by atoms with Crippen LogP contribution < -0.4 is 4.74 Å². The van der Waals surface area contributed by atoms with Crippen molar-refractivity contribution in [2.24, 2.45) is 0 Å². The van der Waals surface area contributed by atoms with Gasteiger partial charge in [-0.05, 0) is 58.9 Å². The summed E-state index contributed by atoms with van der Waals surface area (Å²) >= 11 is 0. The molecule has 4 aromatic rings. The first-order chi connectivity index (χ1) is 16.2. The van der Waals surface area contributed by atoms with Gasteiger partial charge in [0.2, 0.25) is 5.78 Å². The van der Waals surface area contributed by atoms with E-state index in [1.807, 2.05) is 32.3 Å². The van der Waals surface area contributed by atoms with Crippen LogP contribution in [0, 0.1) is 34.6 Å². The molecule has 0 saturated heterocycles. The van der Waals surface area contributed by atoms with Crippen LogP contribution in [0.25, 0.3) is 5.82 Å². The second-order valence-electron chi connectivity index (χ2n) is 8.03. The van der Waals surface area contributed by atoms with Gasteiger partial charge in [-0.1, -0.05) is 16.4 Å². The van der Waals surface area contributed by atoms with Crippen LogP contribution in [-0.4, -0.2) is 33.2 Å². The zero-order chi connectivity index (χ0) is 24.4. The average Bonchev–Trinajstić information content (AvgIpc) is 3.47. The van der Waals surface area contributed by atoms with Gasteiger partial charge in [0.05, 0.1) is 16.8 Å². The molecule has 3 aromatic heterocycles. The summed E-state index contributed by atoms with van der Waals surface area (Å²) < 4.78 is 23.2. The molecule has 0 bridgehead atoms. The fraction of sp³-hybridized carbons (Fsp3) is 0.280. The van der Waals surface area contributed by atoms with E-state index in [1.54, 1.807) is 43.3 Å². The monoisotopic (exact) mass is 463 g/mol. The van der Waals surface area contributed by atoms with Crippen molar-refractivity contribution in [1.29, 1.82) is 0 Å². The molecule has 176 valence electrons. The molecule has 9 heteroatoms. The largest absolute Gasteiger partial charge is 0.489 e. The summed E-state index contributed by atoms with van der Waals surface area (Å²) in [6.45, 7) is 9.01. The van der Waals surface area contributed by atoms with E-state index >= 15 is 0 Å². The van der Waals surface area contributed by atoms with Gasteiger partial charge in [-0.15, -0.1) is 0 Å². The lowest BCUT2D eigenvalue weighted by molar-refractivity contribution is 0.0474. The third kappa shape index (κ3) is 4.63. The van der Waals surface area contributed by atoms with Gasteiger partial charge in [-0.25, -0.2) is 4.79 Å². The Morgan fingerprint density at radius 1 is 1.00 bits per heavy atom. The lowest BCUT2D eigenvalue weighted by Gasteiger charge is -2.08. The number of ether oxygens (including phenoxy) is 2. The van der Waals surface area contributed by atoms with Gasteiger partial charge in [0.25, 0.3) is 0 Å². The van der Waals surface area contributed by atoms with Crippen LogP contribution in [0.15, 0.2) is 45.4 Å². The number of aryl methyl sites for hydroxylation is 4. The molecule has 9 nitrogen and oxygen atoms in total. The Kier molecular flexibility index (Phi) is 6.36. The minimum Gasteiger partial charge on any atom is -0.489 e. The third-order valence-electron chi connectivity index (χ3n) is 5.54. The summed E-state index contributed by atoms with van der Waals surface area (Å²) in [4.78, 5) is 25.4. The lowest BCUT2D eigenvalue weighted by Crippen LogP contribution is -2.15. The minimum absolute atomic E-state index is 0.263. The molecular weight excluding hydrogens is 438 g/mol. The molecule has 4 rings (SSSR count). The Bertz CT molecular complexity index is 1340. The van der Waals surface area contributed by atoms with E-state index in [-0.39, 0.29) is 24.6 Å². The van der Waals surface area contributed by atoms with Crippen molar-refractivity contribution in [3.05, 3.63) is 81.7 Å². The van der Waals surface area contributed by atoms with Crippen LogP contribution in [0.5, 0.6) is 5.75 Å². The van der Waals surface area contributed by atoms with E-state index in [0.29, 0.717) is 34.3 Å². The molecule has 0 unspecified atom stereocenters. The number of hydrogen-bond donors (Lipinski definition) is 0. The lowest BCUT2D eigenvalue weighted by atomic mass is 10.1. The number of nitrogens with zero attached hydrogens (tertiary/aromatic N) is 3. The van der Waals surface area contributed by atoms with Crippen molar-refractivity contribution in [3.63, 3.8) is 0 Å². The highest BCUT2D eigenvalue weighted by atomic mass is 16.5. The van der Waals surface area contributed by atoms with Crippen LogP contribution in [0.2, 0.25) is 0 Å². The Morgan fingerprint density at radius 3 is 2.47 bits per heavy atom. The number of esters is 1. The maximum absolute atomic E-state index is 12.8. The first-order valence-electron chi connectivity index (χ1n) is 10.7. The molecule has 0 N–H and O–H groups in total. The summed E-state index contributed by atoms with van der Waals surface area (Å²) in [6.07, 6.45) is 0. The molecule has 0 aliphatic heterocycles. The molecule has 3 heterocycles. The number of aromatic nitrogens is 3. The molecule has 0 aliphatic rings. The zero-order valence-corrected chi connectivity index (χ0v) is 19.7. The van der Waals surface area contributed by atoms with Crippen LogP contribution >= 0.6 is 0 Å². The molecule has 0 atom stereocenters. The van der Waals surface area contributed by atoms with Crippen molar-refractivity contribution < 1.29 is 28.1 Å². The fourth-order valence-corrected chi connectivity index (χ4v) is 3.72. The number of hydrogen-bond acceptors (Lipinski definition) is 8. The van der Waals surface area contributed by atoms with Gasteiger partial charge in [0.15, 0.2) is 12.4 Å². The van der Waals surface area contributed by atoms with Gasteiger partial charge in [-0.2, -0.15) is 0 Å². The van der Waals surface area contributed by atoms with E-state index in [2.05, 4.69) is 10.3 Å². The van der Waals surface area contributed by atoms with E-state index in [0.717, 1.165) is 17.0 Å². The van der Waals surface area contributed by atoms with Crippen molar-refractivity contribution in [2.45, 2.75) is 41.2 Å². The Labute approximate surface area is 196 Å². The summed E-state index contributed by atoms with van der Waals surface area (Å²) in [6, 6.07) is 10.1. The second kappa shape index (κ2) is 9.38. The van der Waals surface area contributed by atoms with Crippen LogP contribution in [0.3, 0.4) is 0 Å². The molecule has 0 radical (unpaired) electrons. The highest BCUT2D eigenvalue weighted by Gasteiger charge is 2.20. The third-order valence-corrected chi connectivity index (χ3v) is 5.54. The van der Waals surface area contributed by atoms with Gasteiger partial charge < -0.3 is 18.5 Å². The van der Waals surface area contributed by atoms with E-state index in [4.69, 9.17) is 18.5 Å². The molecule has 0 saturated carbocycles. The van der Waals surface area contributed by atoms with Crippen molar-refractivity contribution in [3.8, 4) is 11.6 Å². The molecule has 0 spiro atoms. The smallest absolute Gasteiger partial charge is 0.338 e. The second-order valence-corrected chi connectivity index (χ2v) is 8.03. The fourth-order valence-electron chi connectivity index (χ4n) is 3.72. The van der Waals surface area contributed by atoms with Crippen molar-refractivity contribution >= 4 is 11.8 Å². The summed E-state index contributed by atoms with van der Waals surface area (Å²) in [7, 11) is 0. The van der Waals surface area contributed by atoms with Gasteiger partial charge >= 0.3 is 5.97 Å². The number of carbonyl (C=O) groups excluding carboxylic acids is 2. The maximum atomic E-state index is 12.8. The highest BCUT2D eigenvalue weighted by Crippen LogP contribution is 2.22. The van der Waals surface area contributed by atoms with Crippen molar-refractivity contribution in [1.82, 2.24) is 14.9 Å². The van der Waals surface area contributed by atoms with Gasteiger partial charge in [0, 0.05) is 23.0 Å². The summed E-state index contributed by atoms with van der Waals surface area (Å²) in [5, 5.41) is 7.91. The average molecular weight is 463 g/mol. The molecule has 1 aromatic carbocycles. The number of carbonyl (C=O) groups is 2. The highest BCUT2D eigenvalue weighted by molar-refractivity contribution is 6.00. The molecule has 0 fully saturated rings. The van der Waals surface area contributed by atoms with E-state index in [9.17, 15) is 9.59 Å². The topological polar surface area (TPSA) is 110 Å². The zero-order valence-electron chi connectivity index (χ0n) is 19.7. The number of rotatable bonds is 8. The predicted octanol–water partition coefficient (Wildman–Crippen LogP) is 4.61. The maximum Gasteiger partial charge on any atom is 0.338 e. The first kappa shape index (κ1) is 23.0. The molecule has 0 aliphatic carbocycles. The Balaban J connectivity index is 1.40. The number of Topliss-reactive ketones (excluding diaryl/α,β-unsaturated/α-hetero) is 1. The first-order valence-corrected chi connectivity index (χ1v) is 10.7. The Morgan fingerprint density at radius 2 is 1.79 bits per heavy atom. The quantitative estimate of drug-likeness (QED) is 0.275. The van der Waals surface area contributed by atoms with E-state index in [1.165, 1.54) is 0 Å². The van der Waals surface area contributed by atoms with Crippen molar-refractivity contribution in [2.75, 3.05) is 6.61 Å². The standard InChI is InChI=1S/C25H25N3O6/c1-14-9-21(17(4)28(14)24-10-15(2)33-27-24)23(29)13-32-25(30)19-7-6-8-20(11-19)31-12-22-16(3)26-34-18(22)5/h6-11H,12-13H2,1-5H3. The summed E-state index contributed by atoms with van der Waals surface area (Å²) in [5.74, 6) is 1.52. The molecular formula is C25H25N3O6.